The SMILES string of the molecule is Cc1ccc(S(=O)(=O)O[C@@H]2[C@H]3OCOC[C@@H]3OCO[C@@H]2C)cc1. The Morgan fingerprint density at radius 3 is 2.57 bits per heavy atom. The van der Waals surface area contributed by atoms with Gasteiger partial charge in [-0.1, -0.05) is 17.7 Å². The molecule has 0 radical (unpaired) electrons. The van der Waals surface area contributed by atoms with Gasteiger partial charge in [-0.25, -0.2) is 0 Å². The van der Waals surface area contributed by atoms with Crippen molar-refractivity contribution in [2.24, 2.45) is 0 Å². The molecule has 0 amide bonds. The van der Waals surface area contributed by atoms with Gasteiger partial charge in [0.05, 0.1) is 17.6 Å². The summed E-state index contributed by atoms with van der Waals surface area (Å²) in [6, 6.07) is 6.48. The minimum atomic E-state index is -3.93. The Kier molecular flexibility index (Phi) is 5.00. The number of rotatable bonds is 3. The maximum absolute atomic E-state index is 12.5. The third kappa shape index (κ3) is 3.73. The normalized spacial score (nSPS) is 32.1. The lowest BCUT2D eigenvalue weighted by Gasteiger charge is -2.34. The summed E-state index contributed by atoms with van der Waals surface area (Å²) in [5, 5.41) is 0. The van der Waals surface area contributed by atoms with Crippen molar-refractivity contribution in [1.29, 1.82) is 0 Å². The molecular formula is C15H20O7S. The number of fused-ring (bicyclic) bond motifs is 1. The van der Waals surface area contributed by atoms with Gasteiger partial charge in [-0.05, 0) is 26.0 Å². The molecule has 0 unspecified atom stereocenters. The smallest absolute Gasteiger partial charge is 0.297 e. The fourth-order valence-corrected chi connectivity index (χ4v) is 3.72. The minimum absolute atomic E-state index is 0.0412. The average Bonchev–Trinajstić information content (AvgIpc) is 2.68. The zero-order chi connectivity index (χ0) is 16.4. The molecule has 7 nitrogen and oxygen atoms in total. The van der Waals surface area contributed by atoms with Crippen LogP contribution in [0, 0.1) is 6.92 Å². The number of hydrogen-bond acceptors (Lipinski definition) is 7. The van der Waals surface area contributed by atoms with Gasteiger partial charge in [0.2, 0.25) is 0 Å². The third-order valence-corrected chi connectivity index (χ3v) is 5.26. The quantitative estimate of drug-likeness (QED) is 0.762. The van der Waals surface area contributed by atoms with Crippen LogP contribution in [0.2, 0.25) is 0 Å². The average molecular weight is 344 g/mol. The van der Waals surface area contributed by atoms with E-state index in [1.54, 1.807) is 19.1 Å². The topological polar surface area (TPSA) is 80.3 Å². The minimum Gasteiger partial charge on any atom is -0.353 e. The Morgan fingerprint density at radius 1 is 1.09 bits per heavy atom. The van der Waals surface area contributed by atoms with Gasteiger partial charge in [-0.15, -0.1) is 0 Å². The van der Waals surface area contributed by atoms with Gasteiger partial charge in [0.1, 0.15) is 31.9 Å². The van der Waals surface area contributed by atoms with Crippen LogP contribution in [0.4, 0.5) is 0 Å². The molecule has 8 heteroatoms. The lowest BCUT2D eigenvalue weighted by molar-refractivity contribution is -0.223. The van der Waals surface area contributed by atoms with Gasteiger partial charge >= 0.3 is 0 Å². The van der Waals surface area contributed by atoms with Gasteiger partial charge in [0, 0.05) is 0 Å². The first-order valence-electron chi connectivity index (χ1n) is 7.40. The first-order chi connectivity index (χ1) is 11.0. The predicted octanol–water partition coefficient (Wildman–Crippen LogP) is 1.20. The molecule has 0 spiro atoms. The van der Waals surface area contributed by atoms with E-state index in [-0.39, 0.29) is 18.5 Å². The molecule has 2 fully saturated rings. The zero-order valence-electron chi connectivity index (χ0n) is 13.0. The Bertz CT molecular complexity index is 628. The lowest BCUT2D eigenvalue weighted by Crippen LogP contribution is -2.51. The van der Waals surface area contributed by atoms with Crippen LogP contribution < -0.4 is 0 Å². The highest BCUT2D eigenvalue weighted by Crippen LogP contribution is 2.27. The van der Waals surface area contributed by atoms with E-state index in [1.165, 1.54) is 12.1 Å². The van der Waals surface area contributed by atoms with Crippen LogP contribution in [0.15, 0.2) is 29.2 Å². The molecule has 4 atom stereocenters. The van der Waals surface area contributed by atoms with Crippen LogP contribution in [-0.4, -0.2) is 53.0 Å². The van der Waals surface area contributed by atoms with Crippen molar-refractivity contribution in [2.45, 2.75) is 43.2 Å². The third-order valence-electron chi connectivity index (χ3n) is 3.94. The Morgan fingerprint density at radius 2 is 1.83 bits per heavy atom. The Balaban J connectivity index is 1.84. The number of ether oxygens (including phenoxy) is 4. The monoisotopic (exact) mass is 344 g/mol. The van der Waals surface area contributed by atoms with Gasteiger partial charge in [0.25, 0.3) is 10.1 Å². The molecule has 3 rings (SSSR count). The summed E-state index contributed by atoms with van der Waals surface area (Å²) >= 11 is 0. The second-order valence-corrected chi connectivity index (χ2v) is 7.21. The molecule has 2 aliphatic rings. The van der Waals surface area contributed by atoms with Crippen LogP contribution in [-0.2, 0) is 33.2 Å². The summed E-state index contributed by atoms with van der Waals surface area (Å²) in [4.78, 5) is 0.101. The summed E-state index contributed by atoms with van der Waals surface area (Å²) in [6.45, 7) is 4.04. The molecule has 0 aliphatic carbocycles. The molecule has 128 valence electrons. The molecule has 1 aromatic rings. The van der Waals surface area contributed by atoms with Crippen molar-refractivity contribution < 1.29 is 31.5 Å². The van der Waals surface area contributed by atoms with Gasteiger partial charge in [0.15, 0.2) is 0 Å². The van der Waals surface area contributed by atoms with Crippen LogP contribution in [0.3, 0.4) is 0 Å². The lowest BCUT2D eigenvalue weighted by atomic mass is 10.0. The molecule has 0 bridgehead atoms. The molecule has 2 aliphatic heterocycles. The van der Waals surface area contributed by atoms with Crippen molar-refractivity contribution in [1.82, 2.24) is 0 Å². The van der Waals surface area contributed by atoms with Gasteiger partial charge in [-0.3, -0.25) is 4.18 Å². The fraction of sp³-hybridized carbons (Fsp3) is 0.600. The molecular weight excluding hydrogens is 324 g/mol. The van der Waals surface area contributed by atoms with Crippen LogP contribution >= 0.6 is 0 Å². The second-order valence-electron chi connectivity index (χ2n) is 5.64. The summed E-state index contributed by atoms with van der Waals surface area (Å²) in [7, 11) is -3.93. The molecule has 2 saturated heterocycles. The Hall–Kier alpha value is -1.03. The van der Waals surface area contributed by atoms with E-state index in [9.17, 15) is 8.42 Å². The summed E-state index contributed by atoms with van der Waals surface area (Å²) in [5.74, 6) is 0. The highest BCUT2D eigenvalue weighted by Gasteiger charge is 2.43. The molecule has 2 heterocycles. The number of benzene rings is 1. The maximum atomic E-state index is 12.5. The molecule has 23 heavy (non-hydrogen) atoms. The largest absolute Gasteiger partial charge is 0.353 e. The van der Waals surface area contributed by atoms with Crippen molar-refractivity contribution >= 4 is 10.1 Å². The predicted molar refractivity (Wildman–Crippen MR) is 79.2 cm³/mol. The maximum Gasteiger partial charge on any atom is 0.297 e. The van der Waals surface area contributed by atoms with E-state index in [4.69, 9.17) is 23.1 Å². The van der Waals surface area contributed by atoms with E-state index < -0.39 is 34.5 Å². The van der Waals surface area contributed by atoms with E-state index >= 15 is 0 Å². The van der Waals surface area contributed by atoms with Crippen LogP contribution in [0.25, 0.3) is 0 Å². The van der Waals surface area contributed by atoms with Crippen molar-refractivity contribution in [2.75, 3.05) is 20.2 Å². The van der Waals surface area contributed by atoms with Crippen LogP contribution in [0.5, 0.6) is 0 Å². The van der Waals surface area contributed by atoms with Gasteiger partial charge in [-0.2, -0.15) is 8.42 Å². The van der Waals surface area contributed by atoms with E-state index in [0.29, 0.717) is 6.61 Å². The standard InChI is InChI=1S/C15H20O7S/c1-10-3-5-12(6-4-10)23(16,17)22-14-11(2)19-9-20-13-7-18-8-21-15(13)14/h3-6,11,13-15H,7-9H2,1-2H3/t11-,13+,14+,15+/m1/s1. The molecule has 1 aromatic carbocycles. The first kappa shape index (κ1) is 16.8. The van der Waals surface area contributed by atoms with Crippen molar-refractivity contribution in [3.63, 3.8) is 0 Å². The van der Waals surface area contributed by atoms with E-state index in [1.807, 2.05) is 6.92 Å². The first-order valence-corrected chi connectivity index (χ1v) is 8.81. The summed E-state index contributed by atoms with van der Waals surface area (Å²) in [6.07, 6.45) is -2.30. The molecule has 0 N–H and O–H groups in total. The van der Waals surface area contributed by atoms with Crippen LogP contribution in [0.1, 0.15) is 12.5 Å². The van der Waals surface area contributed by atoms with Gasteiger partial charge < -0.3 is 18.9 Å². The molecule has 0 saturated carbocycles. The summed E-state index contributed by atoms with van der Waals surface area (Å²) in [5.41, 5.74) is 0.969. The number of aryl methyl sites for hydroxylation is 1. The highest BCUT2D eigenvalue weighted by molar-refractivity contribution is 7.86. The number of hydrogen-bond donors (Lipinski definition) is 0. The Labute approximate surface area is 135 Å². The van der Waals surface area contributed by atoms with Crippen molar-refractivity contribution in [3.8, 4) is 0 Å². The second kappa shape index (κ2) is 6.84. The summed E-state index contributed by atoms with van der Waals surface area (Å²) < 4.78 is 52.2. The highest BCUT2D eigenvalue weighted by atomic mass is 32.2. The fourth-order valence-electron chi connectivity index (χ4n) is 2.58. The molecule has 0 aromatic heterocycles. The van der Waals surface area contributed by atoms with Crippen molar-refractivity contribution in [3.05, 3.63) is 29.8 Å². The zero-order valence-corrected chi connectivity index (χ0v) is 13.8. The van der Waals surface area contributed by atoms with E-state index in [2.05, 4.69) is 0 Å². The van der Waals surface area contributed by atoms with E-state index in [0.717, 1.165) is 5.56 Å².